The lowest BCUT2D eigenvalue weighted by Gasteiger charge is -2.12. The summed E-state index contributed by atoms with van der Waals surface area (Å²) in [5, 5.41) is 21.9. The van der Waals surface area contributed by atoms with Crippen molar-refractivity contribution in [2.24, 2.45) is 0 Å². The lowest BCUT2D eigenvalue weighted by atomic mass is 10.2. The van der Waals surface area contributed by atoms with E-state index in [9.17, 15) is 9.59 Å². The topological polar surface area (TPSA) is 104 Å². The van der Waals surface area contributed by atoms with Crippen molar-refractivity contribution in [1.82, 2.24) is 14.7 Å². The minimum Gasteiger partial charge on any atom is -0.480 e. The number of thiazole rings is 1. The molecule has 8 heteroatoms. The Morgan fingerprint density at radius 2 is 2.30 bits per heavy atom. The highest BCUT2D eigenvalue weighted by Crippen LogP contribution is 2.16. The maximum Gasteiger partial charge on any atom is 0.326 e. The minimum absolute atomic E-state index is 0.00962. The number of aliphatic hydroxyl groups excluding tert-OH is 1. The molecule has 0 aliphatic rings. The summed E-state index contributed by atoms with van der Waals surface area (Å²) in [6, 6.07) is -1.06. The first-order valence-electron chi connectivity index (χ1n) is 6.06. The highest BCUT2D eigenvalue weighted by Gasteiger charge is 2.20. The zero-order chi connectivity index (χ0) is 14.7. The van der Waals surface area contributed by atoms with Gasteiger partial charge in [0.1, 0.15) is 6.04 Å². The van der Waals surface area contributed by atoms with E-state index in [1.807, 2.05) is 22.9 Å². The molecule has 2 heterocycles. The number of carboxylic acid groups (broad SMARTS) is 1. The highest BCUT2D eigenvalue weighted by molar-refractivity contribution is 7.15. The van der Waals surface area contributed by atoms with E-state index in [1.54, 1.807) is 0 Å². The molecule has 0 saturated carbocycles. The molecule has 3 N–H and O–H groups in total. The zero-order valence-corrected chi connectivity index (χ0v) is 11.7. The summed E-state index contributed by atoms with van der Waals surface area (Å²) >= 11 is 1.43. The normalized spacial score (nSPS) is 12.5. The van der Waals surface area contributed by atoms with E-state index in [0.29, 0.717) is 0 Å². The summed E-state index contributed by atoms with van der Waals surface area (Å²) in [7, 11) is 0. The van der Waals surface area contributed by atoms with Crippen molar-refractivity contribution in [2.45, 2.75) is 25.8 Å². The van der Waals surface area contributed by atoms with Gasteiger partial charge in [0.05, 0.1) is 12.1 Å². The number of fused-ring (bicyclic) bond motifs is 1. The smallest absolute Gasteiger partial charge is 0.326 e. The molecule has 108 valence electrons. The number of imidazole rings is 1. The molecule has 0 spiro atoms. The van der Waals surface area contributed by atoms with Gasteiger partial charge >= 0.3 is 5.97 Å². The predicted molar refractivity (Wildman–Crippen MR) is 72.8 cm³/mol. The Morgan fingerprint density at radius 1 is 1.55 bits per heavy atom. The molecule has 0 aromatic carbocycles. The Hall–Kier alpha value is -1.93. The number of aliphatic carboxylic acids is 1. The summed E-state index contributed by atoms with van der Waals surface area (Å²) in [6.07, 6.45) is 1.90. The summed E-state index contributed by atoms with van der Waals surface area (Å²) in [5.74, 6) is -1.54. The molecular weight excluding hydrogens is 282 g/mol. The van der Waals surface area contributed by atoms with Crippen molar-refractivity contribution >= 4 is 28.2 Å². The van der Waals surface area contributed by atoms with Crippen LogP contribution in [-0.4, -0.2) is 44.1 Å². The van der Waals surface area contributed by atoms with Gasteiger partial charge in [-0.15, -0.1) is 11.3 Å². The first-order chi connectivity index (χ1) is 9.51. The average molecular weight is 297 g/mol. The Labute approximate surface area is 118 Å². The number of nitrogens with zero attached hydrogens (tertiary/aromatic N) is 2. The number of aliphatic hydroxyl groups is 1. The second kappa shape index (κ2) is 6.02. The molecule has 1 unspecified atom stereocenters. The van der Waals surface area contributed by atoms with Gasteiger partial charge in [0.2, 0.25) is 5.91 Å². The van der Waals surface area contributed by atoms with Crippen LogP contribution in [0.1, 0.15) is 17.8 Å². The third-order valence-electron chi connectivity index (χ3n) is 2.80. The van der Waals surface area contributed by atoms with E-state index < -0.39 is 17.9 Å². The number of carbonyl (C=O) groups excluding carboxylic acids is 1. The Bertz CT molecular complexity index is 634. The van der Waals surface area contributed by atoms with Gasteiger partial charge in [0, 0.05) is 30.3 Å². The standard InChI is InChI=1S/C12H15N3O4S/c1-7-5-15-8(6-20-12(15)13-7)4-10(17)14-9(2-3-16)11(18)19/h5-6,9,16H,2-4H2,1H3,(H,14,17)(H,18,19). The van der Waals surface area contributed by atoms with E-state index >= 15 is 0 Å². The van der Waals surface area contributed by atoms with Crippen LogP contribution in [0.15, 0.2) is 11.6 Å². The number of nitrogens with one attached hydrogen (secondary N) is 1. The van der Waals surface area contributed by atoms with Gasteiger partial charge in [-0.25, -0.2) is 9.78 Å². The van der Waals surface area contributed by atoms with Crippen molar-refractivity contribution in [2.75, 3.05) is 6.61 Å². The number of hydrogen-bond donors (Lipinski definition) is 3. The maximum atomic E-state index is 11.9. The molecule has 1 atom stereocenters. The van der Waals surface area contributed by atoms with Gasteiger partial charge in [0.25, 0.3) is 0 Å². The highest BCUT2D eigenvalue weighted by atomic mass is 32.1. The number of amides is 1. The van der Waals surface area contributed by atoms with Crippen LogP contribution in [0, 0.1) is 6.92 Å². The number of rotatable bonds is 6. The van der Waals surface area contributed by atoms with Gasteiger partial charge in [-0.1, -0.05) is 0 Å². The summed E-state index contributed by atoms with van der Waals surface area (Å²) in [6.45, 7) is 1.58. The molecular formula is C12H15N3O4S. The van der Waals surface area contributed by atoms with Gasteiger partial charge < -0.3 is 15.5 Å². The molecule has 1 amide bonds. The van der Waals surface area contributed by atoms with Gasteiger partial charge in [-0.05, 0) is 6.92 Å². The van der Waals surface area contributed by atoms with Gasteiger partial charge in [-0.2, -0.15) is 0 Å². The Balaban J connectivity index is 2.05. The van der Waals surface area contributed by atoms with E-state index in [4.69, 9.17) is 10.2 Å². The van der Waals surface area contributed by atoms with E-state index in [2.05, 4.69) is 10.3 Å². The first-order valence-corrected chi connectivity index (χ1v) is 6.94. The molecule has 2 rings (SSSR count). The number of hydrogen-bond acceptors (Lipinski definition) is 5. The quantitative estimate of drug-likeness (QED) is 0.706. The molecule has 0 fully saturated rings. The van der Waals surface area contributed by atoms with E-state index in [0.717, 1.165) is 16.3 Å². The third-order valence-corrected chi connectivity index (χ3v) is 3.69. The zero-order valence-electron chi connectivity index (χ0n) is 10.9. The van der Waals surface area contributed by atoms with Crippen LogP contribution >= 0.6 is 11.3 Å². The van der Waals surface area contributed by atoms with E-state index in [1.165, 1.54) is 11.3 Å². The summed E-state index contributed by atoms with van der Waals surface area (Å²) < 4.78 is 1.82. The molecule has 20 heavy (non-hydrogen) atoms. The Morgan fingerprint density at radius 3 is 2.95 bits per heavy atom. The minimum atomic E-state index is -1.15. The number of aromatic nitrogens is 2. The van der Waals surface area contributed by atoms with Crippen LogP contribution in [0.3, 0.4) is 0 Å². The predicted octanol–water partition coefficient (Wildman–Crippen LogP) is 0.199. The van der Waals surface area contributed by atoms with Crippen LogP contribution in [0.2, 0.25) is 0 Å². The Kier molecular flexibility index (Phi) is 4.35. The first kappa shape index (κ1) is 14.5. The van der Waals surface area contributed by atoms with Crippen molar-refractivity contribution in [3.05, 3.63) is 23.0 Å². The second-order valence-electron chi connectivity index (χ2n) is 4.41. The fraction of sp³-hybridized carbons (Fsp3) is 0.417. The van der Waals surface area contributed by atoms with Crippen LogP contribution in [0.4, 0.5) is 0 Å². The number of carbonyl (C=O) groups is 2. The van der Waals surface area contributed by atoms with Crippen molar-refractivity contribution < 1.29 is 19.8 Å². The van der Waals surface area contributed by atoms with Crippen molar-refractivity contribution in [3.63, 3.8) is 0 Å². The number of carboxylic acids is 1. The molecule has 0 saturated heterocycles. The second-order valence-corrected chi connectivity index (χ2v) is 5.25. The molecule has 0 bridgehead atoms. The molecule has 0 aliphatic heterocycles. The third kappa shape index (κ3) is 3.14. The molecule has 0 radical (unpaired) electrons. The fourth-order valence-electron chi connectivity index (χ4n) is 1.87. The lowest BCUT2D eigenvalue weighted by Crippen LogP contribution is -2.42. The molecule has 0 aliphatic carbocycles. The molecule has 2 aromatic heterocycles. The summed E-state index contributed by atoms with van der Waals surface area (Å²) in [4.78, 5) is 27.9. The monoisotopic (exact) mass is 297 g/mol. The summed E-state index contributed by atoms with van der Waals surface area (Å²) in [5.41, 5.74) is 1.62. The number of aryl methyl sites for hydroxylation is 1. The largest absolute Gasteiger partial charge is 0.480 e. The molecule has 7 nitrogen and oxygen atoms in total. The van der Waals surface area contributed by atoms with Gasteiger partial charge in [0.15, 0.2) is 4.96 Å². The van der Waals surface area contributed by atoms with Gasteiger partial charge in [-0.3, -0.25) is 9.20 Å². The maximum absolute atomic E-state index is 11.9. The average Bonchev–Trinajstić information content (AvgIpc) is 2.89. The molecule has 2 aromatic rings. The van der Waals surface area contributed by atoms with Crippen molar-refractivity contribution in [3.8, 4) is 0 Å². The van der Waals surface area contributed by atoms with E-state index in [-0.39, 0.29) is 19.4 Å². The van der Waals surface area contributed by atoms with Crippen LogP contribution in [-0.2, 0) is 16.0 Å². The van der Waals surface area contributed by atoms with Crippen LogP contribution in [0.25, 0.3) is 4.96 Å². The fourth-order valence-corrected chi connectivity index (χ4v) is 2.78. The SMILES string of the molecule is Cc1cn2c(CC(=O)NC(CCO)C(=O)O)csc2n1. The van der Waals surface area contributed by atoms with Crippen molar-refractivity contribution in [1.29, 1.82) is 0 Å². The van der Waals surface area contributed by atoms with Crippen LogP contribution in [0.5, 0.6) is 0 Å². The van der Waals surface area contributed by atoms with Crippen LogP contribution < -0.4 is 5.32 Å². The lowest BCUT2D eigenvalue weighted by molar-refractivity contribution is -0.142.